The Morgan fingerprint density at radius 3 is 2.79 bits per heavy atom. The highest BCUT2D eigenvalue weighted by Crippen LogP contribution is 2.23. The molecular weight excluding hydrogens is 264 g/mol. The third kappa shape index (κ3) is 3.73. The Morgan fingerprint density at radius 2 is 2.26 bits per heavy atom. The second-order valence-electron chi connectivity index (χ2n) is 5.68. The van der Waals surface area contributed by atoms with Gasteiger partial charge in [0.05, 0.1) is 12.1 Å². The van der Waals surface area contributed by atoms with Gasteiger partial charge in [0, 0.05) is 23.4 Å². The van der Waals surface area contributed by atoms with Crippen LogP contribution in [0.2, 0.25) is 0 Å². The fourth-order valence-corrected chi connectivity index (χ4v) is 2.41. The lowest BCUT2D eigenvalue weighted by Gasteiger charge is -2.12. The number of rotatable bonds is 3. The predicted molar refractivity (Wildman–Crippen MR) is 74.5 cm³/mol. The van der Waals surface area contributed by atoms with E-state index in [0.29, 0.717) is 11.6 Å². The molecule has 0 aliphatic carbocycles. The Hall–Kier alpha value is -1.50. The number of nitrogens with one attached hydrogen (secondary N) is 1. The largest absolute Gasteiger partial charge is 0.392 e. The van der Waals surface area contributed by atoms with Gasteiger partial charge in [0.2, 0.25) is 11.0 Å². The molecule has 1 amide bonds. The van der Waals surface area contributed by atoms with Crippen LogP contribution in [0, 0.1) is 0 Å². The van der Waals surface area contributed by atoms with Crippen LogP contribution in [-0.2, 0) is 15.0 Å². The zero-order chi connectivity index (χ0) is 14.0. The summed E-state index contributed by atoms with van der Waals surface area (Å²) in [5.74, 6) is 0.621. The number of aromatic nitrogens is 2. The van der Waals surface area contributed by atoms with Gasteiger partial charge in [-0.1, -0.05) is 25.9 Å². The number of amides is 1. The number of oxime groups is 1. The minimum atomic E-state index is -0.157. The van der Waals surface area contributed by atoms with Gasteiger partial charge in [-0.15, -0.1) is 0 Å². The summed E-state index contributed by atoms with van der Waals surface area (Å²) in [6.45, 7) is 7.99. The second kappa shape index (κ2) is 5.24. The first-order valence-corrected chi connectivity index (χ1v) is 6.95. The van der Waals surface area contributed by atoms with Gasteiger partial charge in [0.1, 0.15) is 11.9 Å². The van der Waals surface area contributed by atoms with Crippen LogP contribution in [0.4, 0.5) is 5.13 Å². The summed E-state index contributed by atoms with van der Waals surface area (Å²) in [5, 5.41) is 7.11. The monoisotopic (exact) mass is 282 g/mol. The number of hydrogen-bond acceptors (Lipinski definition) is 6. The van der Waals surface area contributed by atoms with E-state index in [1.54, 1.807) is 0 Å². The summed E-state index contributed by atoms with van der Waals surface area (Å²) in [4.78, 5) is 21.3. The second-order valence-corrected chi connectivity index (χ2v) is 6.44. The average Bonchev–Trinajstić information content (AvgIpc) is 2.87. The quantitative estimate of drug-likeness (QED) is 0.923. The Labute approximate surface area is 116 Å². The lowest BCUT2D eigenvalue weighted by atomic mass is 9.96. The molecule has 104 valence electrons. The van der Waals surface area contributed by atoms with Crippen molar-refractivity contribution in [2.24, 2.45) is 5.16 Å². The third-order valence-electron chi connectivity index (χ3n) is 2.64. The molecular formula is C12H18N4O2S. The van der Waals surface area contributed by atoms with Crippen molar-refractivity contribution in [1.29, 1.82) is 0 Å². The SMILES string of the molecule is CC1=NOC(CC(=O)Nc2nc(C(C)(C)C)ns2)C1. The van der Waals surface area contributed by atoms with Crippen LogP contribution in [0.5, 0.6) is 0 Å². The van der Waals surface area contributed by atoms with E-state index >= 15 is 0 Å². The van der Waals surface area contributed by atoms with Crippen LogP contribution in [0.1, 0.15) is 46.4 Å². The standard InChI is InChI=1S/C12H18N4O2S/c1-7-5-8(18-15-7)6-9(17)13-11-14-10(16-19-11)12(2,3)4/h8H,5-6H2,1-4H3,(H,13,14,16,17). The molecule has 0 aromatic carbocycles. The molecule has 0 radical (unpaired) electrons. The van der Waals surface area contributed by atoms with Gasteiger partial charge >= 0.3 is 0 Å². The summed E-state index contributed by atoms with van der Waals surface area (Å²) in [5.41, 5.74) is 0.808. The highest BCUT2D eigenvalue weighted by Gasteiger charge is 2.23. The zero-order valence-electron chi connectivity index (χ0n) is 11.6. The molecule has 1 aromatic heterocycles. The number of hydrogen-bond donors (Lipinski definition) is 1. The van der Waals surface area contributed by atoms with Gasteiger partial charge < -0.3 is 10.2 Å². The molecule has 0 saturated heterocycles. The summed E-state index contributed by atoms with van der Waals surface area (Å²) in [6.07, 6.45) is 0.831. The summed E-state index contributed by atoms with van der Waals surface area (Å²) in [7, 11) is 0. The molecule has 0 bridgehead atoms. The first-order chi connectivity index (χ1) is 8.84. The molecule has 1 aromatic rings. The maximum Gasteiger partial charge on any atom is 0.230 e. The van der Waals surface area contributed by atoms with E-state index in [4.69, 9.17) is 4.84 Å². The van der Waals surface area contributed by atoms with E-state index < -0.39 is 0 Å². The third-order valence-corrected chi connectivity index (χ3v) is 3.27. The van der Waals surface area contributed by atoms with Crippen LogP contribution in [0.15, 0.2) is 5.16 Å². The molecule has 0 spiro atoms. The van der Waals surface area contributed by atoms with Crippen LogP contribution >= 0.6 is 11.5 Å². The minimum Gasteiger partial charge on any atom is -0.392 e. The van der Waals surface area contributed by atoms with E-state index in [9.17, 15) is 4.79 Å². The van der Waals surface area contributed by atoms with Crippen molar-refractivity contribution < 1.29 is 9.63 Å². The Balaban J connectivity index is 1.87. The Bertz CT molecular complexity index is 504. The normalized spacial score (nSPS) is 18.9. The van der Waals surface area contributed by atoms with Gasteiger partial charge in [-0.05, 0) is 6.92 Å². The molecule has 1 atom stereocenters. The molecule has 7 heteroatoms. The molecule has 19 heavy (non-hydrogen) atoms. The van der Waals surface area contributed by atoms with Crippen LogP contribution in [-0.4, -0.2) is 27.1 Å². The van der Waals surface area contributed by atoms with Crippen molar-refractivity contribution in [3.05, 3.63) is 5.82 Å². The lowest BCUT2D eigenvalue weighted by molar-refractivity contribution is -0.118. The van der Waals surface area contributed by atoms with Gasteiger partial charge in [-0.3, -0.25) is 4.79 Å². The van der Waals surface area contributed by atoms with Crippen LogP contribution in [0.3, 0.4) is 0 Å². The first kappa shape index (κ1) is 13.9. The van der Waals surface area contributed by atoms with Crippen LogP contribution in [0.25, 0.3) is 0 Å². The van der Waals surface area contributed by atoms with E-state index in [0.717, 1.165) is 11.5 Å². The molecule has 2 heterocycles. The molecule has 0 saturated carbocycles. The molecule has 6 nitrogen and oxygen atoms in total. The maximum absolute atomic E-state index is 11.8. The minimum absolute atomic E-state index is 0.112. The van der Waals surface area contributed by atoms with E-state index in [2.05, 4.69) is 19.8 Å². The first-order valence-electron chi connectivity index (χ1n) is 6.18. The maximum atomic E-state index is 11.8. The number of nitrogens with zero attached hydrogens (tertiary/aromatic N) is 3. The number of carbonyl (C=O) groups excluding carboxylic acids is 1. The van der Waals surface area contributed by atoms with Crippen molar-refractivity contribution in [2.75, 3.05) is 5.32 Å². The van der Waals surface area contributed by atoms with E-state index in [-0.39, 0.29) is 23.8 Å². The summed E-state index contributed by atoms with van der Waals surface area (Å²) >= 11 is 1.20. The van der Waals surface area contributed by atoms with Crippen LogP contribution < -0.4 is 5.32 Å². The molecule has 2 rings (SSSR count). The highest BCUT2D eigenvalue weighted by molar-refractivity contribution is 7.09. The fourth-order valence-electron chi connectivity index (χ4n) is 1.63. The van der Waals surface area contributed by atoms with Gasteiger partial charge in [-0.25, -0.2) is 4.98 Å². The molecule has 0 fully saturated rings. The van der Waals surface area contributed by atoms with Crippen molar-refractivity contribution in [3.8, 4) is 0 Å². The number of anilines is 1. The number of carbonyl (C=O) groups is 1. The smallest absolute Gasteiger partial charge is 0.230 e. The van der Waals surface area contributed by atoms with Gasteiger partial charge in [-0.2, -0.15) is 4.37 Å². The molecule has 1 unspecified atom stereocenters. The van der Waals surface area contributed by atoms with Gasteiger partial charge in [0.15, 0.2) is 0 Å². The Kier molecular flexibility index (Phi) is 3.84. The van der Waals surface area contributed by atoms with Crippen molar-refractivity contribution in [1.82, 2.24) is 9.36 Å². The summed E-state index contributed by atoms with van der Waals surface area (Å²) in [6, 6.07) is 0. The topological polar surface area (TPSA) is 76.5 Å². The lowest BCUT2D eigenvalue weighted by Crippen LogP contribution is -2.20. The Morgan fingerprint density at radius 1 is 1.53 bits per heavy atom. The van der Waals surface area contributed by atoms with Gasteiger partial charge in [0.25, 0.3) is 0 Å². The molecule has 1 N–H and O–H groups in total. The van der Waals surface area contributed by atoms with Crippen molar-refractivity contribution in [2.45, 2.75) is 52.1 Å². The molecule has 1 aliphatic heterocycles. The zero-order valence-corrected chi connectivity index (χ0v) is 12.4. The van der Waals surface area contributed by atoms with Crippen molar-refractivity contribution >= 4 is 28.3 Å². The highest BCUT2D eigenvalue weighted by atomic mass is 32.1. The van der Waals surface area contributed by atoms with Crippen molar-refractivity contribution in [3.63, 3.8) is 0 Å². The fraction of sp³-hybridized carbons (Fsp3) is 0.667. The van der Waals surface area contributed by atoms with E-state index in [1.165, 1.54) is 11.5 Å². The predicted octanol–water partition coefficient (Wildman–Crippen LogP) is 2.33. The average molecular weight is 282 g/mol. The molecule has 1 aliphatic rings. The van der Waals surface area contributed by atoms with E-state index in [1.807, 2.05) is 27.7 Å². The summed E-state index contributed by atoms with van der Waals surface area (Å²) < 4.78 is 4.25.